The van der Waals surface area contributed by atoms with E-state index in [1.165, 1.54) is 24.8 Å². The van der Waals surface area contributed by atoms with Crippen molar-refractivity contribution in [3.63, 3.8) is 0 Å². The van der Waals surface area contributed by atoms with E-state index in [4.69, 9.17) is 0 Å². The molecule has 0 atom stereocenters. The van der Waals surface area contributed by atoms with Gasteiger partial charge in [0.1, 0.15) is 5.82 Å². The summed E-state index contributed by atoms with van der Waals surface area (Å²) in [5, 5.41) is 3.35. The van der Waals surface area contributed by atoms with Gasteiger partial charge in [0.15, 0.2) is 0 Å². The van der Waals surface area contributed by atoms with E-state index in [9.17, 15) is 0 Å². The zero-order chi connectivity index (χ0) is 11.1. The highest BCUT2D eigenvalue weighted by Gasteiger charge is 1.95. The number of nitrogens with one attached hydrogen (secondary N) is 1. The Morgan fingerprint density at radius 3 is 2.80 bits per heavy atom. The molecule has 0 unspecified atom stereocenters. The topological polar surface area (TPSA) is 24.9 Å². The quantitative estimate of drug-likeness (QED) is 0.719. The molecule has 1 aromatic rings. The summed E-state index contributed by atoms with van der Waals surface area (Å²) >= 11 is 0. The zero-order valence-electron chi connectivity index (χ0n) is 10.1. The third kappa shape index (κ3) is 5.40. The molecule has 2 nitrogen and oxygen atoms in total. The molecule has 0 aromatic carbocycles. The van der Waals surface area contributed by atoms with Crippen LogP contribution < -0.4 is 5.32 Å². The van der Waals surface area contributed by atoms with Crippen molar-refractivity contribution < 1.29 is 0 Å². The van der Waals surface area contributed by atoms with E-state index in [0.717, 1.165) is 18.3 Å². The fraction of sp³-hybridized carbons (Fsp3) is 0.615. The second kappa shape index (κ2) is 6.44. The van der Waals surface area contributed by atoms with Crippen molar-refractivity contribution in [2.75, 3.05) is 11.9 Å². The van der Waals surface area contributed by atoms with Gasteiger partial charge >= 0.3 is 0 Å². The van der Waals surface area contributed by atoms with Crippen molar-refractivity contribution in [1.82, 2.24) is 4.98 Å². The largest absolute Gasteiger partial charge is 0.370 e. The Balaban J connectivity index is 2.15. The van der Waals surface area contributed by atoms with Crippen LogP contribution in [0.25, 0.3) is 0 Å². The molecule has 0 radical (unpaired) electrons. The molecule has 1 aromatic heterocycles. The van der Waals surface area contributed by atoms with Crippen LogP contribution in [0.5, 0.6) is 0 Å². The first-order valence-corrected chi connectivity index (χ1v) is 5.85. The molecular weight excluding hydrogens is 184 g/mol. The Morgan fingerprint density at radius 1 is 1.33 bits per heavy atom. The number of pyridine rings is 1. The molecule has 2 heteroatoms. The first-order chi connectivity index (χ1) is 7.18. The first-order valence-electron chi connectivity index (χ1n) is 5.85. The number of nitrogens with zero attached hydrogens (tertiary/aromatic N) is 1. The second-order valence-corrected chi connectivity index (χ2v) is 4.53. The maximum Gasteiger partial charge on any atom is 0.126 e. The van der Waals surface area contributed by atoms with Gasteiger partial charge in [-0.05, 0) is 37.0 Å². The summed E-state index contributed by atoms with van der Waals surface area (Å²) < 4.78 is 0. The lowest BCUT2D eigenvalue weighted by Gasteiger charge is -2.07. The van der Waals surface area contributed by atoms with Crippen molar-refractivity contribution in [3.05, 3.63) is 23.9 Å². The average molecular weight is 206 g/mol. The van der Waals surface area contributed by atoms with Gasteiger partial charge in [-0.15, -0.1) is 0 Å². The summed E-state index contributed by atoms with van der Waals surface area (Å²) in [4.78, 5) is 4.26. The Morgan fingerprint density at radius 2 is 2.13 bits per heavy atom. The molecule has 0 aliphatic heterocycles. The van der Waals surface area contributed by atoms with Crippen LogP contribution >= 0.6 is 0 Å². The number of hydrogen-bond donors (Lipinski definition) is 1. The van der Waals surface area contributed by atoms with Gasteiger partial charge in [-0.25, -0.2) is 4.98 Å². The minimum absolute atomic E-state index is 0.821. The summed E-state index contributed by atoms with van der Waals surface area (Å²) in [7, 11) is 0. The second-order valence-electron chi connectivity index (χ2n) is 4.53. The highest BCUT2D eigenvalue weighted by atomic mass is 15.0. The number of aromatic nitrogens is 1. The third-order valence-corrected chi connectivity index (χ3v) is 2.43. The molecule has 0 aliphatic carbocycles. The molecule has 0 aliphatic rings. The van der Waals surface area contributed by atoms with Gasteiger partial charge in [-0.3, -0.25) is 0 Å². The minimum Gasteiger partial charge on any atom is -0.370 e. The molecule has 0 saturated heterocycles. The lowest BCUT2D eigenvalue weighted by Crippen LogP contribution is -2.03. The number of hydrogen-bond acceptors (Lipinski definition) is 2. The van der Waals surface area contributed by atoms with E-state index in [1.807, 2.05) is 12.3 Å². The molecule has 84 valence electrons. The fourth-order valence-corrected chi connectivity index (χ4v) is 1.53. The van der Waals surface area contributed by atoms with Gasteiger partial charge in [0.2, 0.25) is 0 Å². The molecule has 1 heterocycles. The molecule has 1 rings (SSSR count). The van der Waals surface area contributed by atoms with E-state index >= 15 is 0 Å². The predicted octanol–water partition coefficient (Wildman–Crippen LogP) is 3.63. The van der Waals surface area contributed by atoms with Crippen molar-refractivity contribution in [2.45, 2.75) is 40.0 Å². The van der Waals surface area contributed by atoms with Gasteiger partial charge < -0.3 is 5.32 Å². The average Bonchev–Trinajstić information content (AvgIpc) is 2.17. The lowest BCUT2D eigenvalue weighted by molar-refractivity contribution is 0.544. The maximum absolute atomic E-state index is 4.26. The van der Waals surface area contributed by atoms with Gasteiger partial charge in [0.25, 0.3) is 0 Å². The Hall–Kier alpha value is -1.05. The SMILES string of the molecule is Cc1ccnc(NCCCCC(C)C)c1. The van der Waals surface area contributed by atoms with Gasteiger partial charge in [-0.2, -0.15) is 0 Å². The summed E-state index contributed by atoms with van der Waals surface area (Å²) in [6.07, 6.45) is 5.71. The Labute approximate surface area is 93.1 Å². The van der Waals surface area contributed by atoms with Crippen molar-refractivity contribution in [2.24, 2.45) is 5.92 Å². The molecular formula is C13H22N2. The number of unbranched alkanes of at least 4 members (excludes halogenated alkanes) is 1. The van der Waals surface area contributed by atoms with Crippen LogP contribution in [0, 0.1) is 12.8 Å². The van der Waals surface area contributed by atoms with E-state index in [2.05, 4.69) is 37.1 Å². The third-order valence-electron chi connectivity index (χ3n) is 2.43. The summed E-state index contributed by atoms with van der Waals surface area (Å²) in [6.45, 7) is 7.67. The van der Waals surface area contributed by atoms with Gasteiger partial charge in [0, 0.05) is 12.7 Å². The number of rotatable bonds is 6. The minimum atomic E-state index is 0.821. The molecule has 15 heavy (non-hydrogen) atoms. The molecule has 0 saturated carbocycles. The van der Waals surface area contributed by atoms with E-state index in [0.29, 0.717) is 0 Å². The van der Waals surface area contributed by atoms with Crippen molar-refractivity contribution >= 4 is 5.82 Å². The molecule has 0 fully saturated rings. The van der Waals surface area contributed by atoms with Gasteiger partial charge in [0.05, 0.1) is 0 Å². The smallest absolute Gasteiger partial charge is 0.126 e. The van der Waals surface area contributed by atoms with E-state index < -0.39 is 0 Å². The number of anilines is 1. The van der Waals surface area contributed by atoms with Crippen LogP contribution in [-0.2, 0) is 0 Å². The van der Waals surface area contributed by atoms with Crippen molar-refractivity contribution in [1.29, 1.82) is 0 Å². The van der Waals surface area contributed by atoms with Crippen LogP contribution in [-0.4, -0.2) is 11.5 Å². The molecule has 0 spiro atoms. The normalized spacial score (nSPS) is 10.7. The maximum atomic E-state index is 4.26. The molecule has 0 amide bonds. The zero-order valence-corrected chi connectivity index (χ0v) is 10.1. The summed E-state index contributed by atoms with van der Waals surface area (Å²) in [5.41, 5.74) is 1.26. The first kappa shape index (κ1) is 12.0. The van der Waals surface area contributed by atoms with E-state index in [-0.39, 0.29) is 0 Å². The highest BCUT2D eigenvalue weighted by molar-refractivity contribution is 5.36. The predicted molar refractivity (Wildman–Crippen MR) is 66.2 cm³/mol. The van der Waals surface area contributed by atoms with E-state index in [1.54, 1.807) is 0 Å². The van der Waals surface area contributed by atoms with Gasteiger partial charge in [-0.1, -0.05) is 26.7 Å². The van der Waals surface area contributed by atoms with Crippen LogP contribution in [0.15, 0.2) is 18.3 Å². The van der Waals surface area contributed by atoms with Crippen LogP contribution in [0.1, 0.15) is 38.7 Å². The van der Waals surface area contributed by atoms with Crippen LogP contribution in [0.3, 0.4) is 0 Å². The van der Waals surface area contributed by atoms with Crippen molar-refractivity contribution in [3.8, 4) is 0 Å². The monoisotopic (exact) mass is 206 g/mol. The molecule has 1 N–H and O–H groups in total. The Kier molecular flexibility index (Phi) is 5.16. The van der Waals surface area contributed by atoms with Crippen LogP contribution in [0.4, 0.5) is 5.82 Å². The summed E-state index contributed by atoms with van der Waals surface area (Å²) in [6, 6.07) is 4.10. The summed E-state index contributed by atoms with van der Waals surface area (Å²) in [5.74, 6) is 1.82. The Bertz CT molecular complexity index is 282. The lowest BCUT2D eigenvalue weighted by atomic mass is 10.1. The standard InChI is InChI=1S/C13H22N2/c1-11(2)6-4-5-8-14-13-10-12(3)7-9-15-13/h7,9-11H,4-6,8H2,1-3H3,(H,14,15). The fourth-order valence-electron chi connectivity index (χ4n) is 1.53. The molecule has 0 bridgehead atoms. The highest BCUT2D eigenvalue weighted by Crippen LogP contribution is 2.08. The van der Waals surface area contributed by atoms with Crippen LogP contribution in [0.2, 0.25) is 0 Å². The number of aryl methyl sites for hydroxylation is 1.